The van der Waals surface area contributed by atoms with E-state index in [0.29, 0.717) is 11.6 Å². The Kier molecular flexibility index (Phi) is 4.61. The Morgan fingerprint density at radius 2 is 2.11 bits per heavy atom. The Hall–Kier alpha value is -1.32. The van der Waals surface area contributed by atoms with Crippen LogP contribution in [0.1, 0.15) is 18.4 Å². The molecule has 0 unspecified atom stereocenters. The van der Waals surface area contributed by atoms with Gasteiger partial charge in [0.1, 0.15) is 11.6 Å². The number of aromatic nitrogens is 2. The van der Waals surface area contributed by atoms with Gasteiger partial charge in [-0.2, -0.15) is 5.26 Å². The van der Waals surface area contributed by atoms with Crippen LogP contribution in [-0.4, -0.2) is 54.4 Å². The van der Waals surface area contributed by atoms with Gasteiger partial charge >= 0.3 is 0 Å². The van der Waals surface area contributed by atoms with Crippen molar-refractivity contribution in [2.24, 2.45) is 0 Å². The Labute approximate surface area is 118 Å². The number of nitriles is 1. The van der Waals surface area contributed by atoms with Gasteiger partial charge in [-0.15, -0.1) is 0 Å². The number of rotatable bonds is 3. The molecule has 5 nitrogen and oxygen atoms in total. The molecule has 0 atom stereocenters. The smallest absolute Gasteiger partial charge is 0.189 e. The second kappa shape index (κ2) is 6.22. The molecular formula is C13H19N5S. The van der Waals surface area contributed by atoms with Crippen molar-refractivity contribution < 1.29 is 0 Å². The SMILES string of the molecule is CSc1ncc(C#N)c(N2CCC(N(C)C)CC2)n1. The fourth-order valence-corrected chi connectivity index (χ4v) is 2.71. The molecule has 0 aliphatic carbocycles. The van der Waals surface area contributed by atoms with E-state index in [-0.39, 0.29) is 0 Å². The maximum Gasteiger partial charge on any atom is 0.189 e. The van der Waals surface area contributed by atoms with Gasteiger partial charge in [0.25, 0.3) is 0 Å². The second-order valence-electron chi connectivity index (χ2n) is 4.89. The first-order valence-corrected chi connectivity index (χ1v) is 7.60. The fraction of sp³-hybridized carbons (Fsp3) is 0.615. The van der Waals surface area contributed by atoms with Crippen LogP contribution in [0.3, 0.4) is 0 Å². The minimum Gasteiger partial charge on any atom is -0.355 e. The highest BCUT2D eigenvalue weighted by Crippen LogP contribution is 2.24. The van der Waals surface area contributed by atoms with E-state index in [1.54, 1.807) is 6.20 Å². The Balaban J connectivity index is 2.16. The van der Waals surface area contributed by atoms with Gasteiger partial charge in [-0.1, -0.05) is 11.8 Å². The van der Waals surface area contributed by atoms with Crippen LogP contribution in [0.15, 0.2) is 11.4 Å². The van der Waals surface area contributed by atoms with Gasteiger partial charge in [-0.3, -0.25) is 0 Å². The molecule has 1 fully saturated rings. The van der Waals surface area contributed by atoms with Gasteiger partial charge in [-0.05, 0) is 33.2 Å². The molecule has 0 N–H and O–H groups in total. The summed E-state index contributed by atoms with van der Waals surface area (Å²) in [5, 5.41) is 9.91. The lowest BCUT2D eigenvalue weighted by Gasteiger charge is -2.36. The molecular weight excluding hydrogens is 258 g/mol. The number of thioether (sulfide) groups is 1. The quantitative estimate of drug-likeness (QED) is 0.618. The largest absolute Gasteiger partial charge is 0.355 e. The summed E-state index contributed by atoms with van der Waals surface area (Å²) >= 11 is 1.51. The van der Waals surface area contributed by atoms with Crippen LogP contribution in [0.5, 0.6) is 0 Å². The summed E-state index contributed by atoms with van der Waals surface area (Å²) in [7, 11) is 4.25. The highest BCUT2D eigenvalue weighted by molar-refractivity contribution is 7.98. The topological polar surface area (TPSA) is 56.1 Å². The third kappa shape index (κ3) is 3.17. The molecule has 19 heavy (non-hydrogen) atoms. The highest BCUT2D eigenvalue weighted by atomic mass is 32.2. The lowest BCUT2D eigenvalue weighted by atomic mass is 10.0. The van der Waals surface area contributed by atoms with Crippen LogP contribution in [0.2, 0.25) is 0 Å². The molecule has 0 spiro atoms. The summed E-state index contributed by atoms with van der Waals surface area (Å²) in [5.41, 5.74) is 0.570. The normalized spacial score (nSPS) is 16.7. The summed E-state index contributed by atoms with van der Waals surface area (Å²) in [6.45, 7) is 1.89. The van der Waals surface area contributed by atoms with Crippen LogP contribution in [0, 0.1) is 11.3 Å². The number of hydrogen-bond donors (Lipinski definition) is 0. The number of hydrogen-bond acceptors (Lipinski definition) is 6. The molecule has 1 saturated heterocycles. The van der Waals surface area contributed by atoms with Crippen LogP contribution in [0.25, 0.3) is 0 Å². The molecule has 1 aliphatic rings. The van der Waals surface area contributed by atoms with E-state index in [2.05, 4.69) is 39.9 Å². The monoisotopic (exact) mass is 277 g/mol. The number of anilines is 1. The summed E-state index contributed by atoms with van der Waals surface area (Å²) in [6, 6.07) is 2.82. The number of nitrogens with zero attached hydrogens (tertiary/aromatic N) is 5. The first-order valence-electron chi connectivity index (χ1n) is 6.38. The van der Waals surface area contributed by atoms with Crippen molar-refractivity contribution in [2.75, 3.05) is 38.3 Å². The second-order valence-corrected chi connectivity index (χ2v) is 5.66. The van der Waals surface area contributed by atoms with Gasteiger partial charge in [0.2, 0.25) is 0 Å². The average Bonchev–Trinajstić information content (AvgIpc) is 2.46. The average molecular weight is 277 g/mol. The first kappa shape index (κ1) is 14.1. The summed E-state index contributed by atoms with van der Waals surface area (Å²) in [4.78, 5) is 13.1. The predicted octanol–water partition coefficient (Wildman–Crippen LogP) is 1.60. The van der Waals surface area contributed by atoms with Crippen molar-refractivity contribution in [1.29, 1.82) is 5.26 Å². The predicted molar refractivity (Wildman–Crippen MR) is 77.5 cm³/mol. The van der Waals surface area contributed by atoms with Gasteiger partial charge in [0.15, 0.2) is 11.0 Å². The molecule has 102 valence electrons. The van der Waals surface area contributed by atoms with Crippen LogP contribution in [-0.2, 0) is 0 Å². The van der Waals surface area contributed by atoms with Crippen molar-refractivity contribution in [3.63, 3.8) is 0 Å². The minimum atomic E-state index is 0.570. The van der Waals surface area contributed by atoms with E-state index in [4.69, 9.17) is 0 Å². The van der Waals surface area contributed by atoms with Gasteiger partial charge in [-0.25, -0.2) is 9.97 Å². The summed E-state index contributed by atoms with van der Waals surface area (Å²) in [6.07, 6.45) is 5.79. The Bertz CT molecular complexity index is 474. The molecule has 1 aromatic heterocycles. The van der Waals surface area contributed by atoms with Crippen molar-refractivity contribution in [1.82, 2.24) is 14.9 Å². The minimum absolute atomic E-state index is 0.570. The maximum atomic E-state index is 9.18. The van der Waals surface area contributed by atoms with Crippen molar-refractivity contribution in [3.05, 3.63) is 11.8 Å². The molecule has 0 amide bonds. The van der Waals surface area contributed by atoms with E-state index in [9.17, 15) is 5.26 Å². The standard InChI is InChI=1S/C13H19N5S/c1-17(2)11-4-6-18(7-5-11)12-10(8-14)9-15-13(16-12)19-3/h9,11H,4-7H2,1-3H3. The molecule has 1 aromatic rings. The number of piperidine rings is 1. The zero-order valence-electron chi connectivity index (χ0n) is 11.6. The van der Waals surface area contributed by atoms with E-state index in [1.165, 1.54) is 11.8 Å². The van der Waals surface area contributed by atoms with E-state index in [0.717, 1.165) is 36.9 Å². The molecule has 0 saturated carbocycles. The maximum absolute atomic E-state index is 9.18. The Morgan fingerprint density at radius 3 is 2.63 bits per heavy atom. The lowest BCUT2D eigenvalue weighted by molar-refractivity contribution is 0.249. The first-order chi connectivity index (χ1) is 9.15. The van der Waals surface area contributed by atoms with Gasteiger partial charge in [0, 0.05) is 19.1 Å². The van der Waals surface area contributed by atoms with Gasteiger partial charge < -0.3 is 9.80 Å². The third-order valence-corrected chi connectivity index (χ3v) is 4.11. The van der Waals surface area contributed by atoms with Crippen molar-refractivity contribution >= 4 is 17.6 Å². The highest BCUT2D eigenvalue weighted by Gasteiger charge is 2.23. The van der Waals surface area contributed by atoms with Crippen LogP contribution in [0.4, 0.5) is 5.82 Å². The molecule has 0 bridgehead atoms. The lowest BCUT2D eigenvalue weighted by Crippen LogP contribution is -2.42. The van der Waals surface area contributed by atoms with Crippen molar-refractivity contribution in [2.45, 2.75) is 24.0 Å². The summed E-state index contributed by atoms with van der Waals surface area (Å²) < 4.78 is 0. The molecule has 6 heteroatoms. The van der Waals surface area contributed by atoms with E-state index >= 15 is 0 Å². The molecule has 1 aliphatic heterocycles. The Morgan fingerprint density at radius 1 is 1.42 bits per heavy atom. The third-order valence-electron chi connectivity index (χ3n) is 3.54. The van der Waals surface area contributed by atoms with Gasteiger partial charge in [0.05, 0.1) is 6.20 Å². The molecule has 2 rings (SSSR count). The zero-order chi connectivity index (χ0) is 13.8. The molecule has 0 radical (unpaired) electrons. The zero-order valence-corrected chi connectivity index (χ0v) is 12.4. The molecule has 0 aromatic carbocycles. The van der Waals surface area contributed by atoms with E-state index < -0.39 is 0 Å². The van der Waals surface area contributed by atoms with Crippen LogP contribution >= 0.6 is 11.8 Å². The molecule has 2 heterocycles. The summed E-state index contributed by atoms with van der Waals surface area (Å²) in [5.74, 6) is 0.791. The fourth-order valence-electron chi connectivity index (χ4n) is 2.37. The van der Waals surface area contributed by atoms with E-state index in [1.807, 2.05) is 6.26 Å². The van der Waals surface area contributed by atoms with Crippen LogP contribution < -0.4 is 4.90 Å². The van der Waals surface area contributed by atoms with Crippen molar-refractivity contribution in [3.8, 4) is 6.07 Å².